The lowest BCUT2D eigenvalue weighted by Gasteiger charge is -2.31. The highest BCUT2D eigenvalue weighted by atomic mass is 32.2. The number of ether oxygens (including phenoxy) is 1. The first kappa shape index (κ1) is 16.0. The van der Waals surface area contributed by atoms with Crippen molar-refractivity contribution >= 4 is 34.1 Å². The summed E-state index contributed by atoms with van der Waals surface area (Å²) in [7, 11) is 0. The molecule has 0 unspecified atom stereocenters. The fourth-order valence-corrected chi connectivity index (χ4v) is 4.90. The molecule has 0 saturated carbocycles. The summed E-state index contributed by atoms with van der Waals surface area (Å²) in [4.78, 5) is 14.6. The molecule has 0 radical (unpaired) electrons. The first-order chi connectivity index (χ1) is 10.8. The van der Waals surface area contributed by atoms with Gasteiger partial charge >= 0.3 is 0 Å². The Balaban J connectivity index is 1.54. The summed E-state index contributed by atoms with van der Waals surface area (Å²) in [6.45, 7) is 5.43. The van der Waals surface area contributed by atoms with E-state index in [1.165, 1.54) is 11.3 Å². The number of hydrogen-bond acceptors (Lipinski definition) is 7. The number of amides is 1. The van der Waals surface area contributed by atoms with E-state index < -0.39 is 0 Å². The van der Waals surface area contributed by atoms with Crippen LogP contribution < -0.4 is 5.32 Å². The summed E-state index contributed by atoms with van der Waals surface area (Å²) >= 11 is 3.10. The number of carbonyl (C=O) groups is 1. The van der Waals surface area contributed by atoms with Gasteiger partial charge in [-0.1, -0.05) is 30.0 Å². The minimum Gasteiger partial charge on any atom is -0.381 e. The summed E-state index contributed by atoms with van der Waals surface area (Å²) in [5.41, 5.74) is 0. The molecule has 3 rings (SSSR count). The van der Waals surface area contributed by atoms with Crippen molar-refractivity contribution in [2.45, 2.75) is 48.2 Å². The van der Waals surface area contributed by atoms with Gasteiger partial charge in [0, 0.05) is 32.3 Å². The zero-order valence-corrected chi connectivity index (χ0v) is 14.4. The molecule has 2 aliphatic heterocycles. The second kappa shape index (κ2) is 7.61. The van der Waals surface area contributed by atoms with Gasteiger partial charge in [-0.05, 0) is 25.7 Å². The van der Waals surface area contributed by atoms with Crippen LogP contribution >= 0.6 is 23.1 Å². The number of aromatic nitrogens is 2. The van der Waals surface area contributed by atoms with Crippen LogP contribution in [-0.2, 0) is 9.53 Å². The van der Waals surface area contributed by atoms with Crippen LogP contribution in [0, 0.1) is 0 Å². The zero-order valence-electron chi connectivity index (χ0n) is 12.8. The average molecular weight is 342 g/mol. The Morgan fingerprint density at radius 3 is 2.95 bits per heavy atom. The van der Waals surface area contributed by atoms with E-state index in [9.17, 15) is 4.79 Å². The molecule has 8 heteroatoms. The molecule has 1 amide bonds. The fourth-order valence-electron chi connectivity index (χ4n) is 2.83. The van der Waals surface area contributed by atoms with Crippen LogP contribution in [0.2, 0.25) is 0 Å². The lowest BCUT2D eigenvalue weighted by atomic mass is 10.1. The highest BCUT2D eigenvalue weighted by molar-refractivity contribution is 8.02. The van der Waals surface area contributed by atoms with Crippen LogP contribution in [0.25, 0.3) is 0 Å². The Kier molecular flexibility index (Phi) is 5.54. The van der Waals surface area contributed by atoms with Crippen LogP contribution in [0.5, 0.6) is 0 Å². The molecule has 122 valence electrons. The van der Waals surface area contributed by atoms with Crippen molar-refractivity contribution in [1.29, 1.82) is 0 Å². The quantitative estimate of drug-likeness (QED) is 0.855. The largest absolute Gasteiger partial charge is 0.381 e. The summed E-state index contributed by atoms with van der Waals surface area (Å²) in [5.74, 6) is 0.259. The van der Waals surface area contributed by atoms with Gasteiger partial charge in [-0.3, -0.25) is 4.79 Å². The molecule has 2 fully saturated rings. The Morgan fingerprint density at radius 2 is 2.18 bits per heavy atom. The van der Waals surface area contributed by atoms with Gasteiger partial charge in [0.25, 0.3) is 0 Å². The maximum Gasteiger partial charge on any atom is 0.236 e. The van der Waals surface area contributed by atoms with Gasteiger partial charge in [-0.15, -0.1) is 10.2 Å². The van der Waals surface area contributed by atoms with Gasteiger partial charge in [0.2, 0.25) is 11.0 Å². The molecular formula is C14H22N4O2S2. The number of rotatable bonds is 6. The van der Waals surface area contributed by atoms with E-state index in [1.54, 1.807) is 11.8 Å². The second-order valence-electron chi connectivity index (χ2n) is 5.57. The molecule has 2 aliphatic rings. The second-order valence-corrected chi connectivity index (χ2v) is 8.00. The standard InChI is InChI=1S/C14H22N4O2S2/c1-2-6-15-13-16-17-14(22-13)21-11-3-7-18(12(11)19)10-4-8-20-9-5-10/h10-11H,2-9H2,1H3,(H,15,16)/t11-/m0/s1. The maximum atomic E-state index is 12.6. The number of nitrogens with one attached hydrogen (secondary N) is 1. The smallest absolute Gasteiger partial charge is 0.236 e. The molecule has 0 bridgehead atoms. The van der Waals surface area contributed by atoms with Crippen LogP contribution in [0.4, 0.5) is 5.13 Å². The van der Waals surface area contributed by atoms with Crippen LogP contribution in [0.15, 0.2) is 4.34 Å². The third-order valence-corrected chi connectivity index (χ3v) is 6.22. The van der Waals surface area contributed by atoms with Crippen molar-refractivity contribution in [2.75, 3.05) is 31.6 Å². The minimum absolute atomic E-state index is 0.00480. The molecular weight excluding hydrogens is 320 g/mol. The Bertz CT molecular complexity index is 505. The van der Waals surface area contributed by atoms with E-state index >= 15 is 0 Å². The molecule has 1 N–H and O–H groups in total. The van der Waals surface area contributed by atoms with E-state index in [2.05, 4.69) is 27.3 Å². The molecule has 1 aromatic rings. The average Bonchev–Trinajstić information content (AvgIpc) is 3.14. The third-order valence-electron chi connectivity index (χ3n) is 4.00. The van der Waals surface area contributed by atoms with Crippen LogP contribution in [0.3, 0.4) is 0 Å². The van der Waals surface area contributed by atoms with Crippen molar-refractivity contribution in [3.63, 3.8) is 0 Å². The summed E-state index contributed by atoms with van der Waals surface area (Å²) in [6, 6.07) is 0.364. The fraction of sp³-hybridized carbons (Fsp3) is 0.786. The SMILES string of the molecule is CCCNc1nnc(S[C@H]2CCN(C3CCOCC3)C2=O)s1. The Labute approximate surface area is 139 Å². The van der Waals surface area contributed by atoms with E-state index in [0.29, 0.717) is 6.04 Å². The van der Waals surface area contributed by atoms with Gasteiger partial charge in [0.1, 0.15) is 0 Å². The zero-order chi connectivity index (χ0) is 15.4. The number of likely N-dealkylation sites (tertiary alicyclic amines) is 1. The topological polar surface area (TPSA) is 67.3 Å². The van der Waals surface area contributed by atoms with Gasteiger partial charge in [0.05, 0.1) is 5.25 Å². The minimum atomic E-state index is -0.00480. The van der Waals surface area contributed by atoms with Crippen molar-refractivity contribution < 1.29 is 9.53 Å². The lowest BCUT2D eigenvalue weighted by molar-refractivity contribution is -0.130. The number of carbonyl (C=O) groups excluding carboxylic acids is 1. The highest BCUT2D eigenvalue weighted by Gasteiger charge is 2.37. The van der Waals surface area contributed by atoms with E-state index in [1.807, 2.05) is 0 Å². The first-order valence-electron chi connectivity index (χ1n) is 7.90. The van der Waals surface area contributed by atoms with Crippen molar-refractivity contribution in [3.05, 3.63) is 0 Å². The van der Waals surface area contributed by atoms with Gasteiger partial charge < -0.3 is 15.0 Å². The third kappa shape index (κ3) is 3.72. The summed E-state index contributed by atoms with van der Waals surface area (Å²) in [6.07, 6.45) is 3.89. The van der Waals surface area contributed by atoms with Gasteiger partial charge in [0.15, 0.2) is 4.34 Å². The lowest BCUT2D eigenvalue weighted by Crippen LogP contribution is -2.41. The van der Waals surface area contributed by atoms with Crippen molar-refractivity contribution in [1.82, 2.24) is 15.1 Å². The number of hydrogen-bond donors (Lipinski definition) is 1. The molecule has 0 aliphatic carbocycles. The van der Waals surface area contributed by atoms with Crippen LogP contribution in [-0.4, -0.2) is 58.6 Å². The molecule has 6 nitrogen and oxygen atoms in total. The maximum absolute atomic E-state index is 12.6. The highest BCUT2D eigenvalue weighted by Crippen LogP contribution is 2.35. The van der Waals surface area contributed by atoms with Gasteiger partial charge in [-0.2, -0.15) is 0 Å². The Hall–Kier alpha value is -0.860. The number of nitrogens with zero attached hydrogens (tertiary/aromatic N) is 3. The van der Waals surface area contributed by atoms with Gasteiger partial charge in [-0.25, -0.2) is 0 Å². The number of thioether (sulfide) groups is 1. The monoisotopic (exact) mass is 342 g/mol. The molecule has 1 aromatic heterocycles. The van der Waals surface area contributed by atoms with Crippen molar-refractivity contribution in [3.8, 4) is 0 Å². The first-order valence-corrected chi connectivity index (χ1v) is 9.60. The molecule has 3 heterocycles. The predicted molar refractivity (Wildman–Crippen MR) is 88.5 cm³/mol. The molecule has 1 atom stereocenters. The van der Waals surface area contributed by atoms with E-state index in [4.69, 9.17) is 4.74 Å². The molecule has 0 spiro atoms. The summed E-state index contributed by atoms with van der Waals surface area (Å²) in [5, 5.41) is 12.4. The predicted octanol–water partition coefficient (Wildman–Crippen LogP) is 2.23. The number of anilines is 1. The molecule has 2 saturated heterocycles. The Morgan fingerprint density at radius 1 is 1.36 bits per heavy atom. The van der Waals surface area contributed by atoms with E-state index in [0.717, 1.165) is 61.5 Å². The molecule has 0 aromatic carbocycles. The summed E-state index contributed by atoms with van der Waals surface area (Å²) < 4.78 is 6.27. The van der Waals surface area contributed by atoms with E-state index in [-0.39, 0.29) is 11.2 Å². The van der Waals surface area contributed by atoms with Crippen LogP contribution in [0.1, 0.15) is 32.6 Å². The van der Waals surface area contributed by atoms with Crippen molar-refractivity contribution in [2.24, 2.45) is 0 Å². The molecule has 22 heavy (non-hydrogen) atoms. The normalized spacial score (nSPS) is 23.2.